The molecule has 0 N–H and O–H groups in total. The van der Waals surface area contributed by atoms with E-state index in [1.165, 1.54) is 23.6 Å². The fraction of sp³-hybridized carbons (Fsp3) is 0.400. The number of pyridine rings is 1. The molecule has 2 nitrogen and oxygen atoms in total. The van der Waals surface area contributed by atoms with Crippen LogP contribution in [0.1, 0.15) is 12.8 Å². The van der Waals surface area contributed by atoms with Gasteiger partial charge in [0.1, 0.15) is 5.82 Å². The number of fused-ring (bicyclic) bond motifs is 1. The van der Waals surface area contributed by atoms with E-state index in [2.05, 4.69) is 63.2 Å². The van der Waals surface area contributed by atoms with E-state index in [9.17, 15) is 0 Å². The van der Waals surface area contributed by atoms with Crippen molar-refractivity contribution >= 4 is 32.5 Å². The number of rotatable bonds is 3. The van der Waals surface area contributed by atoms with Gasteiger partial charge in [-0.3, -0.25) is 0 Å². The Morgan fingerprint density at radius 3 is 2.83 bits per heavy atom. The molecule has 0 aliphatic heterocycles. The first-order valence-corrected chi connectivity index (χ1v) is 7.34. The maximum atomic E-state index is 4.55. The molecule has 0 bridgehead atoms. The number of alkyl halides is 1. The molecular formula is C15H17BrN2. The van der Waals surface area contributed by atoms with Gasteiger partial charge in [0.25, 0.3) is 0 Å². The van der Waals surface area contributed by atoms with Gasteiger partial charge in [0, 0.05) is 30.0 Å². The number of halogens is 1. The van der Waals surface area contributed by atoms with Gasteiger partial charge < -0.3 is 4.90 Å². The number of hydrogen-bond acceptors (Lipinski definition) is 2. The third-order valence-electron chi connectivity index (χ3n) is 3.72. The average molecular weight is 305 g/mol. The van der Waals surface area contributed by atoms with Gasteiger partial charge in [0.2, 0.25) is 0 Å². The lowest BCUT2D eigenvalue weighted by atomic mass is 9.85. The summed E-state index contributed by atoms with van der Waals surface area (Å²) in [7, 11) is 2.15. The summed E-state index contributed by atoms with van der Waals surface area (Å²) in [6.45, 7) is 1.10. The quantitative estimate of drug-likeness (QED) is 0.801. The van der Waals surface area contributed by atoms with E-state index in [1.54, 1.807) is 0 Å². The molecule has 1 saturated carbocycles. The Hall–Kier alpha value is -1.09. The van der Waals surface area contributed by atoms with Gasteiger partial charge in [-0.25, -0.2) is 4.98 Å². The predicted molar refractivity (Wildman–Crippen MR) is 80.5 cm³/mol. The van der Waals surface area contributed by atoms with Crippen LogP contribution in [0.15, 0.2) is 36.5 Å². The molecule has 0 radical (unpaired) electrons. The highest BCUT2D eigenvalue weighted by Gasteiger charge is 2.28. The summed E-state index contributed by atoms with van der Waals surface area (Å²) in [5, 5.41) is 2.51. The maximum Gasteiger partial charge on any atom is 0.136 e. The van der Waals surface area contributed by atoms with Crippen LogP contribution in [0.5, 0.6) is 0 Å². The van der Waals surface area contributed by atoms with Crippen molar-refractivity contribution in [2.75, 3.05) is 18.5 Å². The molecule has 1 aliphatic rings. The molecule has 0 saturated heterocycles. The topological polar surface area (TPSA) is 16.1 Å². The molecule has 1 aromatic carbocycles. The van der Waals surface area contributed by atoms with Crippen LogP contribution in [0.3, 0.4) is 0 Å². The highest BCUT2D eigenvalue weighted by molar-refractivity contribution is 9.09. The second kappa shape index (κ2) is 4.88. The van der Waals surface area contributed by atoms with Crippen molar-refractivity contribution in [2.45, 2.75) is 17.7 Å². The van der Waals surface area contributed by atoms with Crippen molar-refractivity contribution in [2.24, 2.45) is 5.92 Å². The van der Waals surface area contributed by atoms with E-state index in [4.69, 9.17) is 0 Å². The van der Waals surface area contributed by atoms with E-state index in [0.717, 1.165) is 23.1 Å². The largest absolute Gasteiger partial charge is 0.359 e. The first-order valence-electron chi connectivity index (χ1n) is 6.43. The molecule has 0 atom stereocenters. The minimum Gasteiger partial charge on any atom is -0.359 e. The van der Waals surface area contributed by atoms with Crippen molar-refractivity contribution in [3.8, 4) is 0 Å². The lowest BCUT2D eigenvalue weighted by Crippen LogP contribution is -2.35. The number of benzene rings is 1. The Kier molecular flexibility index (Phi) is 3.25. The number of anilines is 1. The third-order valence-corrected chi connectivity index (χ3v) is 4.47. The van der Waals surface area contributed by atoms with Crippen LogP contribution in [0.4, 0.5) is 5.82 Å². The Labute approximate surface area is 116 Å². The van der Waals surface area contributed by atoms with Gasteiger partial charge in [-0.15, -0.1) is 0 Å². The molecule has 1 aromatic heterocycles. The zero-order chi connectivity index (χ0) is 12.5. The summed E-state index contributed by atoms with van der Waals surface area (Å²) in [6, 6.07) is 10.5. The zero-order valence-electron chi connectivity index (χ0n) is 10.5. The van der Waals surface area contributed by atoms with Crippen molar-refractivity contribution in [3.63, 3.8) is 0 Å². The van der Waals surface area contributed by atoms with Crippen LogP contribution in [0, 0.1) is 5.92 Å². The van der Waals surface area contributed by atoms with E-state index in [1.807, 2.05) is 6.20 Å². The third kappa shape index (κ3) is 2.24. The summed E-state index contributed by atoms with van der Waals surface area (Å²) >= 11 is 3.65. The molecule has 1 fully saturated rings. The minimum absolute atomic E-state index is 0.733. The Morgan fingerprint density at radius 1 is 1.28 bits per heavy atom. The summed E-state index contributed by atoms with van der Waals surface area (Å²) < 4.78 is 0. The van der Waals surface area contributed by atoms with Crippen molar-refractivity contribution in [1.82, 2.24) is 4.98 Å². The van der Waals surface area contributed by atoms with Crippen LogP contribution < -0.4 is 4.90 Å². The molecule has 94 valence electrons. The van der Waals surface area contributed by atoms with Gasteiger partial charge in [0.15, 0.2) is 0 Å². The lowest BCUT2D eigenvalue weighted by molar-refractivity contribution is 0.339. The van der Waals surface area contributed by atoms with E-state index < -0.39 is 0 Å². The van der Waals surface area contributed by atoms with E-state index >= 15 is 0 Å². The predicted octanol–water partition coefficient (Wildman–Crippen LogP) is 3.84. The van der Waals surface area contributed by atoms with Crippen molar-refractivity contribution in [1.29, 1.82) is 0 Å². The van der Waals surface area contributed by atoms with Crippen LogP contribution in [-0.4, -0.2) is 23.4 Å². The maximum absolute atomic E-state index is 4.55. The van der Waals surface area contributed by atoms with Crippen LogP contribution in [0.25, 0.3) is 10.8 Å². The van der Waals surface area contributed by atoms with Crippen molar-refractivity contribution in [3.05, 3.63) is 36.5 Å². The molecule has 1 heterocycles. The van der Waals surface area contributed by atoms with Gasteiger partial charge in [-0.05, 0) is 30.2 Å². The molecule has 3 rings (SSSR count). The van der Waals surface area contributed by atoms with Gasteiger partial charge in [-0.1, -0.05) is 40.2 Å². The molecule has 3 heteroatoms. The zero-order valence-corrected chi connectivity index (χ0v) is 12.1. The number of nitrogens with zero attached hydrogens (tertiary/aromatic N) is 2. The standard InChI is InChI=1S/C15H17BrN2/c1-18(10-11-8-13(16)9-11)15-14-5-3-2-4-12(14)6-7-17-15/h2-7,11,13H,8-10H2,1H3. The molecule has 0 spiro atoms. The Morgan fingerprint density at radius 2 is 2.06 bits per heavy atom. The SMILES string of the molecule is CN(CC1CC(Br)C1)c1nccc2ccccc12. The van der Waals surface area contributed by atoms with E-state index in [-0.39, 0.29) is 0 Å². The fourth-order valence-electron chi connectivity index (χ4n) is 2.69. The summed E-state index contributed by atoms with van der Waals surface area (Å²) in [5.74, 6) is 1.91. The van der Waals surface area contributed by atoms with Gasteiger partial charge >= 0.3 is 0 Å². The smallest absolute Gasteiger partial charge is 0.136 e. The molecule has 1 aliphatic carbocycles. The van der Waals surface area contributed by atoms with Crippen LogP contribution in [-0.2, 0) is 0 Å². The van der Waals surface area contributed by atoms with Crippen LogP contribution in [0.2, 0.25) is 0 Å². The number of hydrogen-bond donors (Lipinski definition) is 0. The minimum atomic E-state index is 0.733. The monoisotopic (exact) mass is 304 g/mol. The highest BCUT2D eigenvalue weighted by atomic mass is 79.9. The molecule has 2 aromatic rings. The summed E-state index contributed by atoms with van der Waals surface area (Å²) in [4.78, 5) is 7.58. The number of aromatic nitrogens is 1. The first kappa shape index (κ1) is 12.0. The Bertz CT molecular complexity index is 544. The summed E-state index contributed by atoms with van der Waals surface area (Å²) in [6.07, 6.45) is 4.48. The highest BCUT2D eigenvalue weighted by Crippen LogP contribution is 2.35. The molecular weight excluding hydrogens is 288 g/mol. The molecule has 0 unspecified atom stereocenters. The average Bonchev–Trinajstić information content (AvgIpc) is 2.36. The molecule has 18 heavy (non-hydrogen) atoms. The van der Waals surface area contributed by atoms with Gasteiger partial charge in [0.05, 0.1) is 0 Å². The Balaban J connectivity index is 1.84. The fourth-order valence-corrected chi connectivity index (χ4v) is 3.74. The second-order valence-electron chi connectivity index (χ2n) is 5.17. The van der Waals surface area contributed by atoms with Crippen molar-refractivity contribution < 1.29 is 0 Å². The summed E-state index contributed by atoms with van der Waals surface area (Å²) in [5.41, 5.74) is 0. The second-order valence-corrected chi connectivity index (χ2v) is 6.47. The normalized spacial score (nSPS) is 22.8. The molecule has 0 amide bonds. The first-order chi connectivity index (χ1) is 8.74. The van der Waals surface area contributed by atoms with E-state index in [0.29, 0.717) is 0 Å². The van der Waals surface area contributed by atoms with Crippen LogP contribution >= 0.6 is 15.9 Å². The lowest BCUT2D eigenvalue weighted by Gasteiger charge is -2.35. The van der Waals surface area contributed by atoms with Gasteiger partial charge in [-0.2, -0.15) is 0 Å².